The quantitative estimate of drug-likeness (QED) is 0.894. The Labute approximate surface area is 130 Å². The van der Waals surface area contributed by atoms with Crippen LogP contribution >= 0.6 is 0 Å². The van der Waals surface area contributed by atoms with Crippen molar-refractivity contribution in [1.29, 1.82) is 0 Å². The number of benzene rings is 2. The Morgan fingerprint density at radius 3 is 2.68 bits per heavy atom. The van der Waals surface area contributed by atoms with Crippen LogP contribution in [-0.4, -0.2) is 24.0 Å². The summed E-state index contributed by atoms with van der Waals surface area (Å²) >= 11 is 0. The first-order chi connectivity index (χ1) is 10.8. The van der Waals surface area contributed by atoms with Gasteiger partial charge in [0.2, 0.25) is 0 Å². The normalized spacial score (nSPS) is 23.9. The molecule has 0 aromatic heterocycles. The first kappa shape index (κ1) is 13.3. The van der Waals surface area contributed by atoms with Gasteiger partial charge in [0.05, 0.1) is 5.54 Å². The molecule has 4 nitrogen and oxygen atoms in total. The maximum absolute atomic E-state index is 12.0. The first-order valence-corrected chi connectivity index (χ1v) is 7.70. The third kappa shape index (κ3) is 2.25. The van der Waals surface area contributed by atoms with Gasteiger partial charge in [0, 0.05) is 30.9 Å². The van der Waals surface area contributed by atoms with Crippen LogP contribution in [0.5, 0.6) is 0 Å². The molecule has 4 heteroatoms. The highest BCUT2D eigenvalue weighted by Crippen LogP contribution is 2.39. The van der Waals surface area contributed by atoms with Crippen LogP contribution in [-0.2, 0) is 12.1 Å². The van der Waals surface area contributed by atoms with E-state index in [4.69, 9.17) is 0 Å². The number of nitrogens with zero attached hydrogens (tertiary/aromatic N) is 1. The molecule has 112 valence electrons. The lowest BCUT2D eigenvalue weighted by Crippen LogP contribution is -2.53. The van der Waals surface area contributed by atoms with E-state index in [0.717, 1.165) is 31.7 Å². The molecule has 0 bridgehead atoms. The van der Waals surface area contributed by atoms with Crippen molar-refractivity contribution in [3.8, 4) is 0 Å². The third-order valence-corrected chi connectivity index (χ3v) is 4.64. The van der Waals surface area contributed by atoms with Crippen LogP contribution in [0.15, 0.2) is 54.6 Å². The molecule has 2 heterocycles. The molecule has 1 unspecified atom stereocenters. The zero-order chi connectivity index (χ0) is 15.0. The summed E-state index contributed by atoms with van der Waals surface area (Å²) < 4.78 is 0. The maximum atomic E-state index is 12.0. The Bertz CT molecular complexity index is 700. The largest absolute Gasteiger partial charge is 0.327 e. The van der Waals surface area contributed by atoms with E-state index in [1.54, 1.807) is 0 Å². The minimum absolute atomic E-state index is 0.0970. The zero-order valence-corrected chi connectivity index (χ0v) is 12.4. The van der Waals surface area contributed by atoms with E-state index >= 15 is 0 Å². The average molecular weight is 293 g/mol. The van der Waals surface area contributed by atoms with E-state index in [1.807, 2.05) is 24.3 Å². The molecule has 0 radical (unpaired) electrons. The highest BCUT2D eigenvalue weighted by atomic mass is 16.2. The SMILES string of the molecule is O=C1Nc2ccccc2C2(CCN(Cc3ccccc3)C2)N1. The van der Waals surface area contributed by atoms with Crippen molar-refractivity contribution in [3.63, 3.8) is 0 Å². The average Bonchev–Trinajstić information content (AvgIpc) is 2.91. The molecule has 2 aromatic carbocycles. The van der Waals surface area contributed by atoms with Gasteiger partial charge in [0.15, 0.2) is 0 Å². The lowest BCUT2D eigenvalue weighted by molar-refractivity contribution is 0.229. The summed E-state index contributed by atoms with van der Waals surface area (Å²) in [6.07, 6.45) is 0.949. The lowest BCUT2D eigenvalue weighted by atomic mass is 9.86. The molecule has 2 aromatic rings. The summed E-state index contributed by atoms with van der Waals surface area (Å²) in [6.45, 7) is 2.77. The number of urea groups is 1. The highest BCUT2D eigenvalue weighted by molar-refractivity contribution is 5.93. The monoisotopic (exact) mass is 293 g/mol. The van der Waals surface area contributed by atoms with Crippen LogP contribution < -0.4 is 10.6 Å². The Balaban J connectivity index is 1.60. The Hall–Kier alpha value is -2.33. The summed E-state index contributed by atoms with van der Waals surface area (Å²) in [5.74, 6) is 0. The second-order valence-corrected chi connectivity index (χ2v) is 6.15. The van der Waals surface area contributed by atoms with E-state index in [9.17, 15) is 4.79 Å². The first-order valence-electron chi connectivity index (χ1n) is 7.70. The van der Waals surface area contributed by atoms with Crippen molar-refractivity contribution < 1.29 is 4.79 Å². The summed E-state index contributed by atoms with van der Waals surface area (Å²) in [4.78, 5) is 14.4. The van der Waals surface area contributed by atoms with Crippen LogP contribution in [0, 0.1) is 0 Å². The summed E-state index contributed by atoms with van der Waals surface area (Å²) in [6, 6.07) is 18.5. The predicted molar refractivity (Wildman–Crippen MR) is 86.6 cm³/mol. The number of likely N-dealkylation sites (tertiary alicyclic amines) is 1. The number of fused-ring (bicyclic) bond motifs is 2. The van der Waals surface area contributed by atoms with Crippen molar-refractivity contribution in [2.75, 3.05) is 18.4 Å². The van der Waals surface area contributed by atoms with Crippen molar-refractivity contribution in [1.82, 2.24) is 10.2 Å². The molecule has 1 fully saturated rings. The van der Waals surface area contributed by atoms with Gasteiger partial charge >= 0.3 is 6.03 Å². The molecule has 1 spiro atoms. The Morgan fingerprint density at radius 2 is 1.82 bits per heavy atom. The van der Waals surface area contributed by atoms with E-state index in [0.29, 0.717) is 0 Å². The lowest BCUT2D eigenvalue weighted by Gasteiger charge is -2.37. The predicted octanol–water partition coefficient (Wildman–Crippen LogP) is 2.92. The van der Waals surface area contributed by atoms with Gasteiger partial charge in [-0.05, 0) is 18.1 Å². The molecule has 2 aliphatic rings. The summed E-state index contributed by atoms with van der Waals surface area (Å²) in [5, 5.41) is 6.08. The molecule has 2 aliphatic heterocycles. The van der Waals surface area contributed by atoms with Crippen molar-refractivity contribution in [2.45, 2.75) is 18.5 Å². The minimum atomic E-state index is -0.256. The molecule has 1 saturated heterocycles. The molecule has 4 rings (SSSR count). The molecule has 0 saturated carbocycles. The molecule has 22 heavy (non-hydrogen) atoms. The molecule has 2 amide bonds. The standard InChI is InChI=1S/C18H19N3O/c22-17-19-16-9-5-4-8-15(16)18(20-17)10-11-21(13-18)12-14-6-2-1-3-7-14/h1-9H,10-13H2,(H2,19,20,22). The van der Waals surface area contributed by atoms with Crippen LogP contribution in [0.3, 0.4) is 0 Å². The number of amides is 2. The van der Waals surface area contributed by atoms with E-state index in [1.165, 1.54) is 11.1 Å². The van der Waals surface area contributed by atoms with Gasteiger partial charge in [-0.3, -0.25) is 4.90 Å². The second-order valence-electron chi connectivity index (χ2n) is 6.15. The Morgan fingerprint density at radius 1 is 1.05 bits per heavy atom. The molecule has 1 atom stereocenters. The van der Waals surface area contributed by atoms with E-state index in [2.05, 4.69) is 45.9 Å². The molecule has 0 aliphatic carbocycles. The number of anilines is 1. The highest BCUT2D eigenvalue weighted by Gasteiger charge is 2.44. The fraction of sp³-hybridized carbons (Fsp3) is 0.278. The number of rotatable bonds is 2. The minimum Gasteiger partial charge on any atom is -0.327 e. The van der Waals surface area contributed by atoms with Crippen molar-refractivity contribution in [3.05, 3.63) is 65.7 Å². The summed E-state index contributed by atoms with van der Waals surface area (Å²) in [5.41, 5.74) is 3.19. The van der Waals surface area contributed by atoms with Crippen molar-refractivity contribution in [2.24, 2.45) is 0 Å². The van der Waals surface area contributed by atoms with Gasteiger partial charge in [0.1, 0.15) is 0 Å². The van der Waals surface area contributed by atoms with Crippen LogP contribution in [0.2, 0.25) is 0 Å². The van der Waals surface area contributed by atoms with Crippen molar-refractivity contribution >= 4 is 11.7 Å². The summed E-state index contributed by atoms with van der Waals surface area (Å²) in [7, 11) is 0. The van der Waals surface area contributed by atoms with Gasteiger partial charge < -0.3 is 10.6 Å². The number of hydrogen-bond acceptors (Lipinski definition) is 2. The van der Waals surface area contributed by atoms with Crippen LogP contribution in [0.1, 0.15) is 17.5 Å². The molecular weight excluding hydrogens is 274 g/mol. The fourth-order valence-corrected chi connectivity index (χ4v) is 3.63. The van der Waals surface area contributed by atoms with Gasteiger partial charge in [0.25, 0.3) is 0 Å². The zero-order valence-electron chi connectivity index (χ0n) is 12.4. The number of carbonyl (C=O) groups excluding carboxylic acids is 1. The topological polar surface area (TPSA) is 44.4 Å². The Kier molecular flexibility index (Phi) is 3.12. The second kappa shape index (κ2) is 5.14. The number of para-hydroxylation sites is 1. The number of hydrogen-bond donors (Lipinski definition) is 2. The van der Waals surface area contributed by atoms with Crippen LogP contribution in [0.25, 0.3) is 0 Å². The van der Waals surface area contributed by atoms with Gasteiger partial charge in [-0.2, -0.15) is 0 Å². The third-order valence-electron chi connectivity index (χ3n) is 4.64. The molecular formula is C18H19N3O. The fourth-order valence-electron chi connectivity index (χ4n) is 3.63. The number of nitrogens with one attached hydrogen (secondary N) is 2. The number of carbonyl (C=O) groups is 1. The smallest absolute Gasteiger partial charge is 0.319 e. The van der Waals surface area contributed by atoms with E-state index in [-0.39, 0.29) is 11.6 Å². The van der Waals surface area contributed by atoms with Gasteiger partial charge in [-0.1, -0.05) is 48.5 Å². The van der Waals surface area contributed by atoms with Gasteiger partial charge in [-0.25, -0.2) is 4.79 Å². The van der Waals surface area contributed by atoms with Crippen LogP contribution in [0.4, 0.5) is 10.5 Å². The molecule has 2 N–H and O–H groups in total. The maximum Gasteiger partial charge on any atom is 0.319 e. The van der Waals surface area contributed by atoms with E-state index < -0.39 is 0 Å². The van der Waals surface area contributed by atoms with Gasteiger partial charge in [-0.15, -0.1) is 0 Å².